The zero-order chi connectivity index (χ0) is 46.1. The molecule has 3 fully saturated rings. The molecule has 0 radical (unpaired) electrons. The lowest BCUT2D eigenvalue weighted by atomic mass is 10.1. The molecule has 7 rings (SSSR count). The van der Waals surface area contributed by atoms with Crippen molar-refractivity contribution in [2.45, 2.75) is 26.1 Å². The van der Waals surface area contributed by atoms with Crippen LogP contribution in [0.2, 0.25) is 5.02 Å². The number of anilines is 4. The van der Waals surface area contributed by atoms with Gasteiger partial charge in [0.2, 0.25) is 0 Å². The third kappa shape index (κ3) is 14.4. The minimum Gasteiger partial charge on any atom is -0.398 e. The Balaban J connectivity index is 0.000000186. The molecule has 3 heterocycles. The summed E-state index contributed by atoms with van der Waals surface area (Å²) in [6.07, 6.45) is -0.459. The molecule has 63 heavy (non-hydrogen) atoms. The number of nitro benzene ring substituents is 3. The zero-order valence-corrected chi connectivity index (χ0v) is 35.5. The maximum absolute atomic E-state index is 10.9. The molecule has 0 bridgehead atoms. The summed E-state index contributed by atoms with van der Waals surface area (Å²) in [5.41, 5.74) is 10.1. The number of rotatable bonds is 10. The van der Waals surface area contributed by atoms with Gasteiger partial charge in [-0.05, 0) is 68.4 Å². The van der Waals surface area contributed by atoms with Crippen molar-refractivity contribution in [3.05, 3.63) is 130 Å². The molecule has 4 N–H and O–H groups in total. The summed E-state index contributed by atoms with van der Waals surface area (Å²) in [6, 6.07) is 19.1. The first kappa shape index (κ1) is 49.4. The lowest BCUT2D eigenvalue weighted by Gasteiger charge is -2.29. The number of aldehydes is 2. The molecule has 3 aliphatic heterocycles. The summed E-state index contributed by atoms with van der Waals surface area (Å²) < 4.78 is 15.8. The minimum absolute atomic E-state index is 0.00694. The minimum atomic E-state index is -0.855. The average molecular weight is 896 g/mol. The van der Waals surface area contributed by atoms with Gasteiger partial charge in [0.1, 0.15) is 0 Å². The smallest absolute Gasteiger partial charge is 0.280 e. The Morgan fingerprint density at radius 3 is 1.32 bits per heavy atom. The van der Waals surface area contributed by atoms with Crippen molar-refractivity contribution in [3.63, 3.8) is 0 Å². The molecule has 3 aliphatic rings. The van der Waals surface area contributed by atoms with Crippen LogP contribution < -0.4 is 20.4 Å². The monoisotopic (exact) mass is 895 g/mol. The molecule has 3 saturated heterocycles. The van der Waals surface area contributed by atoms with Gasteiger partial charge >= 0.3 is 0 Å². The first-order valence-electron chi connectivity index (χ1n) is 19.8. The predicted octanol–water partition coefficient (Wildman–Crippen LogP) is 5.95. The van der Waals surface area contributed by atoms with Gasteiger partial charge < -0.3 is 44.9 Å². The average Bonchev–Trinajstić information content (AvgIpc) is 3.29. The highest BCUT2D eigenvalue weighted by Crippen LogP contribution is 2.31. The standard InChI is InChI=1S/C12H16N2O4.C12H18N2O2.C11H12N2O4.C7H4ClNO3/c1-9(15)11-8-10(2-3-12(11)14(16)17)13-4-6-18-7-5-13;1-9(15)11-8-10(2-3-12(11)13)14-4-6-16-7-5-14;14-8-9-7-10(1-2-11(9)13(15)16)12-3-5-17-6-4-12;8-6-1-2-7(9(11)12)5(3-6)4-10/h2-3,8-9,15H,4-7H2,1H3;2-3,8-9,15H,4-7,13H2,1H3;1-2,7-8H,3-6H2;1-4H. The first-order chi connectivity index (χ1) is 30.1. The number of carbonyl (C=O) groups excluding carboxylic acids is 2. The van der Waals surface area contributed by atoms with Crippen molar-refractivity contribution >= 4 is 64.0 Å². The summed E-state index contributed by atoms with van der Waals surface area (Å²) in [6.45, 7) is 12.1. The molecule has 4 aromatic rings. The number of nitrogens with two attached hydrogens (primary N) is 1. The van der Waals surface area contributed by atoms with Gasteiger partial charge in [-0.1, -0.05) is 11.6 Å². The molecule has 338 valence electrons. The van der Waals surface area contributed by atoms with Crippen molar-refractivity contribution in [2.24, 2.45) is 0 Å². The van der Waals surface area contributed by atoms with Crippen LogP contribution in [-0.4, -0.2) is 116 Å². The molecule has 4 aromatic carbocycles. The van der Waals surface area contributed by atoms with Crippen LogP contribution in [-0.2, 0) is 14.2 Å². The normalized spacial score (nSPS) is 15.7. The third-order valence-corrected chi connectivity index (χ3v) is 10.2. The number of hydrogen-bond donors (Lipinski definition) is 3. The number of nitro groups is 3. The second-order valence-corrected chi connectivity index (χ2v) is 14.6. The zero-order valence-electron chi connectivity index (χ0n) is 34.7. The fourth-order valence-corrected chi connectivity index (χ4v) is 6.79. The van der Waals surface area contributed by atoms with Crippen LogP contribution in [0.4, 0.5) is 39.8 Å². The number of aliphatic hydroxyl groups excluding tert-OH is 2. The highest BCUT2D eigenvalue weighted by atomic mass is 35.5. The summed E-state index contributed by atoms with van der Waals surface area (Å²) in [4.78, 5) is 57.7. The Bertz CT molecular complexity index is 2190. The van der Waals surface area contributed by atoms with Gasteiger partial charge in [-0.3, -0.25) is 39.9 Å². The number of morpholine rings is 3. The third-order valence-electron chi connectivity index (χ3n) is 9.96. The Labute approximate surface area is 367 Å². The van der Waals surface area contributed by atoms with Crippen LogP contribution in [0.3, 0.4) is 0 Å². The fourth-order valence-electron chi connectivity index (χ4n) is 6.61. The van der Waals surface area contributed by atoms with Crippen LogP contribution in [0, 0.1) is 30.3 Å². The van der Waals surface area contributed by atoms with E-state index in [0.29, 0.717) is 55.3 Å². The van der Waals surface area contributed by atoms with Crippen molar-refractivity contribution in [3.8, 4) is 0 Å². The topological polar surface area (TPSA) is 267 Å². The maximum Gasteiger partial charge on any atom is 0.280 e. The molecular formula is C42H50ClN7O13. The Kier molecular flexibility index (Phi) is 19.1. The second kappa shape index (κ2) is 24.4. The van der Waals surface area contributed by atoms with Crippen molar-refractivity contribution in [1.29, 1.82) is 0 Å². The lowest BCUT2D eigenvalue weighted by molar-refractivity contribution is -0.386. The highest BCUT2D eigenvalue weighted by Gasteiger charge is 2.21. The van der Waals surface area contributed by atoms with Gasteiger partial charge in [-0.15, -0.1) is 0 Å². The van der Waals surface area contributed by atoms with E-state index in [4.69, 9.17) is 31.5 Å². The number of benzene rings is 4. The van der Waals surface area contributed by atoms with E-state index in [1.165, 1.54) is 37.3 Å². The Morgan fingerprint density at radius 1 is 0.571 bits per heavy atom. The van der Waals surface area contributed by atoms with Gasteiger partial charge in [0.05, 0.1) is 83.3 Å². The molecule has 21 heteroatoms. The molecule has 0 aromatic heterocycles. The lowest BCUT2D eigenvalue weighted by Crippen LogP contribution is -2.36. The van der Waals surface area contributed by atoms with Gasteiger partial charge in [0.15, 0.2) is 12.6 Å². The number of nitrogen functional groups attached to an aromatic ring is 1. The Hall–Kier alpha value is -6.29. The van der Waals surface area contributed by atoms with Gasteiger partial charge in [0.25, 0.3) is 17.1 Å². The van der Waals surface area contributed by atoms with E-state index >= 15 is 0 Å². The molecule has 0 spiro atoms. The van der Waals surface area contributed by atoms with Crippen LogP contribution in [0.15, 0.2) is 72.8 Å². The van der Waals surface area contributed by atoms with E-state index in [9.17, 15) is 50.1 Å². The SMILES string of the molecule is CC(O)c1cc(N2CCOCC2)ccc1N.CC(O)c1cc(N2CCOCC2)ccc1[N+](=O)[O-].O=Cc1cc(Cl)ccc1[N+](=O)[O-].O=Cc1cc(N2CCOCC2)ccc1[N+](=O)[O-]. The van der Waals surface area contributed by atoms with E-state index < -0.39 is 27.0 Å². The van der Waals surface area contributed by atoms with Crippen molar-refractivity contribution in [1.82, 2.24) is 0 Å². The van der Waals surface area contributed by atoms with E-state index in [-0.39, 0.29) is 28.2 Å². The summed E-state index contributed by atoms with van der Waals surface area (Å²) in [5.74, 6) is 0. The molecule has 0 amide bonds. The van der Waals surface area contributed by atoms with Gasteiger partial charge in [-0.25, -0.2) is 0 Å². The van der Waals surface area contributed by atoms with Crippen LogP contribution >= 0.6 is 11.6 Å². The molecule has 0 saturated carbocycles. The second-order valence-electron chi connectivity index (χ2n) is 14.2. The molecule has 2 unspecified atom stereocenters. The number of hydrogen-bond acceptors (Lipinski definition) is 17. The molecule has 2 atom stereocenters. The van der Waals surface area contributed by atoms with E-state index in [0.717, 1.165) is 75.1 Å². The first-order valence-corrected chi connectivity index (χ1v) is 20.2. The van der Waals surface area contributed by atoms with E-state index in [1.54, 1.807) is 31.2 Å². The van der Waals surface area contributed by atoms with Crippen LogP contribution in [0.1, 0.15) is 57.9 Å². The van der Waals surface area contributed by atoms with Crippen LogP contribution in [0.5, 0.6) is 0 Å². The number of carbonyl (C=O) groups is 2. The molecule has 20 nitrogen and oxygen atoms in total. The Morgan fingerprint density at radius 2 is 0.921 bits per heavy atom. The van der Waals surface area contributed by atoms with Crippen molar-refractivity contribution < 1.29 is 48.8 Å². The number of halogens is 1. The summed E-state index contributed by atoms with van der Waals surface area (Å²) >= 11 is 5.52. The molecule has 0 aliphatic carbocycles. The summed E-state index contributed by atoms with van der Waals surface area (Å²) in [5, 5.41) is 51.4. The van der Waals surface area contributed by atoms with Gasteiger partial charge in [0, 0.05) is 90.8 Å². The number of nitrogens with zero attached hydrogens (tertiary/aromatic N) is 6. The largest absolute Gasteiger partial charge is 0.398 e. The van der Waals surface area contributed by atoms with E-state index in [2.05, 4.69) is 9.80 Å². The number of ether oxygens (including phenoxy) is 3. The predicted molar refractivity (Wildman–Crippen MR) is 236 cm³/mol. The fraction of sp³-hybridized carbons (Fsp3) is 0.381. The number of aliphatic hydroxyl groups is 2. The highest BCUT2D eigenvalue weighted by molar-refractivity contribution is 6.31. The van der Waals surface area contributed by atoms with Gasteiger partial charge in [-0.2, -0.15) is 0 Å². The quantitative estimate of drug-likeness (QED) is 0.0718. The molecular weight excluding hydrogens is 846 g/mol. The van der Waals surface area contributed by atoms with Crippen molar-refractivity contribution in [2.75, 3.05) is 99.3 Å². The summed E-state index contributed by atoms with van der Waals surface area (Å²) in [7, 11) is 0. The van der Waals surface area contributed by atoms with E-state index in [1.807, 2.05) is 23.1 Å². The van der Waals surface area contributed by atoms with Crippen LogP contribution in [0.25, 0.3) is 0 Å². The maximum atomic E-state index is 10.9.